The monoisotopic (exact) mass is 351 g/mol. The molecule has 1 unspecified atom stereocenters. The normalized spacial score (nSPS) is 16.4. The third kappa shape index (κ3) is 3.34. The van der Waals surface area contributed by atoms with Crippen LogP contribution < -0.4 is 5.32 Å². The Bertz CT molecular complexity index is 934. The van der Waals surface area contributed by atoms with Crippen molar-refractivity contribution in [1.29, 1.82) is 0 Å². The van der Waals surface area contributed by atoms with Gasteiger partial charge in [-0.15, -0.1) is 0 Å². The highest BCUT2D eigenvalue weighted by molar-refractivity contribution is 5.97. The maximum absolute atomic E-state index is 14.2. The van der Waals surface area contributed by atoms with E-state index in [2.05, 4.69) is 15.3 Å². The van der Waals surface area contributed by atoms with Crippen molar-refractivity contribution in [2.75, 3.05) is 6.54 Å². The van der Waals surface area contributed by atoms with Crippen molar-refractivity contribution < 1.29 is 9.18 Å². The van der Waals surface area contributed by atoms with Crippen LogP contribution in [0.25, 0.3) is 11.0 Å². The Hall–Kier alpha value is -2.69. The first-order valence-corrected chi connectivity index (χ1v) is 9.21. The van der Waals surface area contributed by atoms with E-state index < -0.39 is 0 Å². The topological polar surface area (TPSA) is 57.8 Å². The van der Waals surface area contributed by atoms with E-state index in [1.54, 1.807) is 24.5 Å². The number of aromatic nitrogens is 2. The standard InChI is InChI=1S/C21H22FN3O/c22-17-8-2-6-14-4-1-5-15(20(14)17)7-3-11-23-21(26)16-9-10-18-19(12-16)25-13-24-18/h2,6,8-10,12-13,15H,1,3-5,7,11H2,(H,23,26)(H,24,25). The molecule has 0 bridgehead atoms. The number of amides is 1. The van der Waals surface area contributed by atoms with Gasteiger partial charge in [-0.25, -0.2) is 9.37 Å². The van der Waals surface area contributed by atoms with Crippen molar-refractivity contribution >= 4 is 16.9 Å². The van der Waals surface area contributed by atoms with E-state index in [1.807, 2.05) is 18.2 Å². The maximum atomic E-state index is 14.2. The highest BCUT2D eigenvalue weighted by Crippen LogP contribution is 2.36. The van der Waals surface area contributed by atoms with Gasteiger partial charge in [0, 0.05) is 12.1 Å². The summed E-state index contributed by atoms with van der Waals surface area (Å²) in [5.74, 6) is 0.0963. The smallest absolute Gasteiger partial charge is 0.251 e. The van der Waals surface area contributed by atoms with Gasteiger partial charge in [0.25, 0.3) is 5.91 Å². The number of nitrogens with one attached hydrogen (secondary N) is 2. The SMILES string of the molecule is O=C(NCCCC1CCCc2cccc(F)c21)c1ccc2nc[nH]c2c1. The van der Waals surface area contributed by atoms with Crippen LogP contribution in [0.3, 0.4) is 0 Å². The van der Waals surface area contributed by atoms with Crippen molar-refractivity contribution in [3.8, 4) is 0 Å². The Labute approximate surface area is 151 Å². The van der Waals surface area contributed by atoms with Gasteiger partial charge in [-0.05, 0) is 73.4 Å². The van der Waals surface area contributed by atoms with Crippen LogP contribution in [0, 0.1) is 5.82 Å². The van der Waals surface area contributed by atoms with Crippen LogP contribution in [0.5, 0.6) is 0 Å². The lowest BCUT2D eigenvalue weighted by molar-refractivity contribution is 0.0952. The highest BCUT2D eigenvalue weighted by atomic mass is 19.1. The van der Waals surface area contributed by atoms with Crippen LogP contribution in [-0.2, 0) is 6.42 Å². The van der Waals surface area contributed by atoms with Crippen molar-refractivity contribution in [3.05, 3.63) is 65.2 Å². The molecular formula is C21H22FN3O. The van der Waals surface area contributed by atoms with Crippen LogP contribution in [0.2, 0.25) is 0 Å². The lowest BCUT2D eigenvalue weighted by Crippen LogP contribution is -2.25. The molecule has 26 heavy (non-hydrogen) atoms. The molecule has 4 rings (SSSR count). The molecule has 1 aromatic heterocycles. The molecule has 1 amide bonds. The Kier molecular flexibility index (Phi) is 4.69. The molecule has 0 fully saturated rings. The Balaban J connectivity index is 1.32. The molecule has 1 aliphatic carbocycles. The minimum Gasteiger partial charge on any atom is -0.352 e. The van der Waals surface area contributed by atoms with Gasteiger partial charge >= 0.3 is 0 Å². The second kappa shape index (κ2) is 7.28. The molecule has 1 atom stereocenters. The third-order valence-corrected chi connectivity index (χ3v) is 5.25. The van der Waals surface area contributed by atoms with Gasteiger partial charge < -0.3 is 10.3 Å². The number of rotatable bonds is 5. The van der Waals surface area contributed by atoms with Crippen molar-refractivity contribution in [2.24, 2.45) is 0 Å². The summed E-state index contributed by atoms with van der Waals surface area (Å²) in [5.41, 5.74) is 4.37. The van der Waals surface area contributed by atoms with Gasteiger partial charge in [-0.3, -0.25) is 4.79 Å². The molecule has 0 aliphatic heterocycles. The van der Waals surface area contributed by atoms with Crippen LogP contribution in [0.4, 0.5) is 4.39 Å². The molecule has 2 N–H and O–H groups in total. The molecule has 3 aromatic rings. The summed E-state index contributed by atoms with van der Waals surface area (Å²) in [6, 6.07) is 10.8. The average molecular weight is 351 g/mol. The molecule has 0 spiro atoms. The van der Waals surface area contributed by atoms with Gasteiger partial charge in [0.15, 0.2) is 0 Å². The lowest BCUT2D eigenvalue weighted by atomic mass is 9.80. The van der Waals surface area contributed by atoms with Gasteiger partial charge in [0.05, 0.1) is 17.4 Å². The minimum absolute atomic E-state index is 0.0795. The number of benzene rings is 2. The average Bonchev–Trinajstić information content (AvgIpc) is 3.13. The predicted molar refractivity (Wildman–Crippen MR) is 99.7 cm³/mol. The number of imidazole rings is 1. The number of aryl methyl sites for hydroxylation is 1. The lowest BCUT2D eigenvalue weighted by Gasteiger charge is -2.26. The molecule has 1 heterocycles. The third-order valence-electron chi connectivity index (χ3n) is 5.25. The van der Waals surface area contributed by atoms with Crippen LogP contribution in [0.1, 0.15) is 53.1 Å². The van der Waals surface area contributed by atoms with E-state index in [0.717, 1.165) is 54.3 Å². The second-order valence-corrected chi connectivity index (χ2v) is 6.93. The summed E-state index contributed by atoms with van der Waals surface area (Å²) < 4.78 is 14.2. The fourth-order valence-electron chi connectivity index (χ4n) is 3.96. The van der Waals surface area contributed by atoms with Crippen molar-refractivity contribution in [3.63, 3.8) is 0 Å². The quantitative estimate of drug-likeness (QED) is 0.672. The number of fused-ring (bicyclic) bond motifs is 2. The number of hydrogen-bond acceptors (Lipinski definition) is 2. The largest absolute Gasteiger partial charge is 0.352 e. The zero-order valence-corrected chi connectivity index (χ0v) is 14.6. The van der Waals surface area contributed by atoms with E-state index in [9.17, 15) is 9.18 Å². The summed E-state index contributed by atoms with van der Waals surface area (Å²) in [6.07, 6.45) is 6.46. The molecule has 5 heteroatoms. The first-order valence-electron chi connectivity index (χ1n) is 9.21. The van der Waals surface area contributed by atoms with Crippen molar-refractivity contribution in [1.82, 2.24) is 15.3 Å². The second-order valence-electron chi connectivity index (χ2n) is 6.93. The molecule has 2 aromatic carbocycles. The Morgan fingerprint density at radius 2 is 2.23 bits per heavy atom. The number of carbonyl (C=O) groups excluding carboxylic acids is 1. The molecule has 4 nitrogen and oxygen atoms in total. The number of hydrogen-bond donors (Lipinski definition) is 2. The van der Waals surface area contributed by atoms with Gasteiger partial charge in [-0.2, -0.15) is 0 Å². The Morgan fingerprint density at radius 1 is 1.31 bits per heavy atom. The highest BCUT2D eigenvalue weighted by Gasteiger charge is 2.23. The van der Waals surface area contributed by atoms with Crippen LogP contribution in [0.15, 0.2) is 42.7 Å². The van der Waals surface area contributed by atoms with E-state index in [0.29, 0.717) is 12.1 Å². The number of aromatic amines is 1. The Morgan fingerprint density at radius 3 is 3.15 bits per heavy atom. The molecule has 0 saturated heterocycles. The van der Waals surface area contributed by atoms with Crippen LogP contribution >= 0.6 is 0 Å². The minimum atomic E-state index is -0.0864. The fourth-order valence-corrected chi connectivity index (χ4v) is 3.96. The van der Waals surface area contributed by atoms with Crippen molar-refractivity contribution in [2.45, 2.75) is 38.0 Å². The number of halogens is 1. The molecule has 0 radical (unpaired) electrons. The molecule has 134 valence electrons. The zero-order chi connectivity index (χ0) is 17.9. The first-order chi connectivity index (χ1) is 12.7. The summed E-state index contributed by atoms with van der Waals surface area (Å²) in [5, 5.41) is 2.97. The summed E-state index contributed by atoms with van der Waals surface area (Å²) >= 11 is 0. The number of nitrogens with zero attached hydrogens (tertiary/aromatic N) is 1. The molecular weight excluding hydrogens is 329 g/mol. The van der Waals surface area contributed by atoms with E-state index in [1.165, 1.54) is 0 Å². The molecule has 1 aliphatic rings. The summed E-state index contributed by atoms with van der Waals surface area (Å²) in [4.78, 5) is 19.5. The van der Waals surface area contributed by atoms with E-state index in [4.69, 9.17) is 0 Å². The van der Waals surface area contributed by atoms with Gasteiger partial charge in [-0.1, -0.05) is 12.1 Å². The maximum Gasteiger partial charge on any atom is 0.251 e. The van der Waals surface area contributed by atoms with E-state index >= 15 is 0 Å². The summed E-state index contributed by atoms with van der Waals surface area (Å²) in [6.45, 7) is 0.597. The predicted octanol–water partition coefficient (Wildman–Crippen LogP) is 4.33. The number of H-pyrrole nitrogens is 1. The first kappa shape index (κ1) is 16.8. The van der Waals surface area contributed by atoms with E-state index in [-0.39, 0.29) is 17.6 Å². The summed E-state index contributed by atoms with van der Waals surface area (Å²) in [7, 11) is 0. The van der Waals surface area contributed by atoms with Crippen LogP contribution in [-0.4, -0.2) is 22.4 Å². The molecule has 0 saturated carbocycles. The zero-order valence-electron chi connectivity index (χ0n) is 14.6. The van der Waals surface area contributed by atoms with Gasteiger partial charge in [0.2, 0.25) is 0 Å². The van der Waals surface area contributed by atoms with Gasteiger partial charge in [0.1, 0.15) is 5.82 Å². The fraction of sp³-hybridized carbons (Fsp3) is 0.333. The number of carbonyl (C=O) groups is 1.